The average molecular weight is 962 g/mol. The molecule has 3 N–H and O–H groups in total. The quantitative estimate of drug-likeness (QED) is 0.0274. The molecule has 0 bridgehead atoms. The summed E-state index contributed by atoms with van der Waals surface area (Å²) in [5.41, 5.74) is 6.50. The minimum atomic E-state index is -4.40. The second kappa shape index (κ2) is 20.4. The maximum absolute atomic E-state index is 11.8. The smallest absolute Gasteiger partial charge is 0.294 e. The normalized spacial score (nSPS) is 11.9. The largest absolute Gasteiger partial charge is 0.372 e. The van der Waals surface area contributed by atoms with Gasteiger partial charge in [-0.2, -0.15) is 32.1 Å². The van der Waals surface area contributed by atoms with Crippen molar-refractivity contribution in [1.29, 1.82) is 0 Å². The molecule has 21 heteroatoms. The van der Waals surface area contributed by atoms with E-state index < -0.39 is 10.1 Å². The Balaban J connectivity index is 1.18. The van der Waals surface area contributed by atoms with Gasteiger partial charge in [-0.05, 0) is 129 Å². The van der Waals surface area contributed by atoms with Gasteiger partial charge in [-0.1, -0.05) is 42.1 Å². The van der Waals surface area contributed by atoms with Gasteiger partial charge in [0.15, 0.2) is 15.2 Å². The molecule has 3 heterocycles. The number of nitrogens with one attached hydrogen (secondary N) is 2. The predicted octanol–water partition coefficient (Wildman–Crippen LogP) is 12.9. The van der Waals surface area contributed by atoms with Crippen LogP contribution in [0.1, 0.15) is 33.3 Å². The van der Waals surface area contributed by atoms with E-state index >= 15 is 0 Å². The zero-order valence-corrected chi connectivity index (χ0v) is 39.8. The summed E-state index contributed by atoms with van der Waals surface area (Å²) in [5, 5.41) is 28.5. The molecule has 0 amide bonds. The number of anilines is 6. The third kappa shape index (κ3) is 10.9. The third-order valence-electron chi connectivity index (χ3n) is 10.2. The number of hydrogen-bond donors (Lipinski definition) is 4. The van der Waals surface area contributed by atoms with E-state index in [1.165, 1.54) is 35.4 Å². The lowest BCUT2D eigenvalue weighted by atomic mass is 10.2. The van der Waals surface area contributed by atoms with Crippen LogP contribution in [-0.2, 0) is 15.9 Å². The van der Waals surface area contributed by atoms with E-state index in [4.69, 9.17) is 20.1 Å². The standard InChI is InChI=1S/C44H43N13O3S5/c1-5-56(6-2)28-14-20-34(50-52-40-32-18-16-30(61)24-36(32)54-63-40)38(22-28)45-42-47-43(49-44(48-42)62-26-27-12-10-9-11-13-27)46-39-23-29(57(7-3)8-4)15-21-35(39)51-53-41-33-19-17-31(65(58,59)60)25-37(33)55-64-41/h9-25,61H,5-8,26H2,1-4H3,(H,58,59,60)(H2,45,46,47,48,49). The van der Waals surface area contributed by atoms with Crippen molar-refractivity contribution in [1.82, 2.24) is 23.7 Å². The van der Waals surface area contributed by atoms with Crippen molar-refractivity contribution in [2.75, 3.05) is 46.6 Å². The van der Waals surface area contributed by atoms with Gasteiger partial charge in [-0.15, -0.1) is 33.1 Å². The van der Waals surface area contributed by atoms with Crippen LogP contribution in [0.5, 0.6) is 0 Å². The summed E-state index contributed by atoms with van der Waals surface area (Å²) in [6, 6.07) is 31.8. The lowest BCUT2D eigenvalue weighted by Crippen LogP contribution is -2.21. The Labute approximate surface area is 393 Å². The molecule has 0 saturated heterocycles. The molecule has 65 heavy (non-hydrogen) atoms. The summed E-state index contributed by atoms with van der Waals surface area (Å²) in [7, 11) is -4.40. The van der Waals surface area contributed by atoms with Gasteiger partial charge in [-0.25, -0.2) is 0 Å². The summed E-state index contributed by atoms with van der Waals surface area (Å²) >= 11 is 8.27. The first-order valence-corrected chi connectivity index (χ1v) is 25.0. The number of thiol groups is 1. The van der Waals surface area contributed by atoms with E-state index in [9.17, 15) is 13.0 Å². The summed E-state index contributed by atoms with van der Waals surface area (Å²) in [4.78, 5) is 19.7. The predicted molar refractivity (Wildman–Crippen MR) is 267 cm³/mol. The lowest BCUT2D eigenvalue weighted by Gasteiger charge is -2.22. The van der Waals surface area contributed by atoms with Gasteiger partial charge >= 0.3 is 0 Å². The van der Waals surface area contributed by atoms with E-state index in [-0.39, 0.29) is 16.8 Å². The number of hydrogen-bond acceptors (Lipinski definition) is 19. The first-order valence-electron chi connectivity index (χ1n) is 20.6. The molecule has 0 saturated carbocycles. The molecule has 0 fully saturated rings. The second-order valence-electron chi connectivity index (χ2n) is 14.3. The highest BCUT2D eigenvalue weighted by Crippen LogP contribution is 2.39. The Morgan fingerprint density at radius 3 is 1.69 bits per heavy atom. The van der Waals surface area contributed by atoms with Crippen LogP contribution in [-0.4, -0.2) is 62.8 Å². The van der Waals surface area contributed by atoms with Crippen molar-refractivity contribution < 1.29 is 13.0 Å². The number of aromatic nitrogens is 5. The van der Waals surface area contributed by atoms with Crippen molar-refractivity contribution in [2.24, 2.45) is 20.5 Å². The number of azo groups is 2. The van der Waals surface area contributed by atoms with Crippen molar-refractivity contribution in [3.8, 4) is 0 Å². The number of rotatable bonds is 18. The highest BCUT2D eigenvalue weighted by molar-refractivity contribution is 7.98. The van der Waals surface area contributed by atoms with E-state index in [0.29, 0.717) is 54.6 Å². The van der Waals surface area contributed by atoms with Crippen molar-refractivity contribution in [3.63, 3.8) is 0 Å². The Kier molecular flexibility index (Phi) is 14.3. The average Bonchev–Trinajstić information content (AvgIpc) is 3.91. The van der Waals surface area contributed by atoms with Gasteiger partial charge in [0.1, 0.15) is 11.4 Å². The van der Waals surface area contributed by atoms with Crippen LogP contribution in [0.4, 0.5) is 56.0 Å². The van der Waals surface area contributed by atoms with E-state index in [2.05, 4.69) is 97.0 Å². The summed E-state index contributed by atoms with van der Waals surface area (Å²) < 4.78 is 42.0. The zero-order chi connectivity index (χ0) is 45.5. The summed E-state index contributed by atoms with van der Waals surface area (Å²) in [6.45, 7) is 11.6. The maximum Gasteiger partial charge on any atom is 0.294 e. The first-order chi connectivity index (χ1) is 31.5. The SMILES string of the molecule is CCN(CC)c1ccc(N=Nc2snc3cc(S)ccc23)c(Nc2nc(Nc3cc(N(CC)CC)ccc3N=Nc3snc4cc(S(=O)(=O)O)ccc34)nc(SCc3ccccc3)n2)c1. The van der Waals surface area contributed by atoms with Gasteiger partial charge < -0.3 is 20.4 Å². The lowest BCUT2D eigenvalue weighted by molar-refractivity contribution is 0.483. The fourth-order valence-electron chi connectivity index (χ4n) is 6.82. The molecule has 16 nitrogen and oxygen atoms in total. The molecule has 8 rings (SSSR count). The van der Waals surface area contributed by atoms with Gasteiger partial charge in [0.25, 0.3) is 10.1 Å². The minimum absolute atomic E-state index is 0.251. The van der Waals surface area contributed by atoms with Crippen LogP contribution in [0, 0.1) is 0 Å². The molecule has 0 spiro atoms. The molecule has 0 aliphatic carbocycles. The number of nitrogens with zero attached hydrogens (tertiary/aromatic N) is 11. The molecular weight excluding hydrogens is 919 g/mol. The monoisotopic (exact) mass is 961 g/mol. The van der Waals surface area contributed by atoms with Gasteiger partial charge in [0.2, 0.25) is 11.9 Å². The molecule has 332 valence electrons. The molecule has 0 atom stereocenters. The molecule has 0 aliphatic rings. The van der Waals surface area contributed by atoms with Crippen LogP contribution >= 0.6 is 47.5 Å². The van der Waals surface area contributed by atoms with E-state index in [1.54, 1.807) is 6.07 Å². The van der Waals surface area contributed by atoms with Gasteiger partial charge in [0, 0.05) is 59.0 Å². The van der Waals surface area contributed by atoms with Crippen molar-refractivity contribution >= 4 is 135 Å². The first kappa shape index (κ1) is 45.5. The van der Waals surface area contributed by atoms with E-state index in [1.807, 2.05) is 72.8 Å². The number of benzene rings is 5. The Bertz CT molecular complexity index is 3140. The van der Waals surface area contributed by atoms with Crippen LogP contribution in [0.2, 0.25) is 0 Å². The van der Waals surface area contributed by atoms with Crippen LogP contribution in [0.25, 0.3) is 21.8 Å². The van der Waals surface area contributed by atoms with Crippen LogP contribution in [0.3, 0.4) is 0 Å². The molecule has 0 radical (unpaired) electrons. The summed E-state index contributed by atoms with van der Waals surface area (Å²) in [6.07, 6.45) is 0. The Morgan fingerprint density at radius 2 is 1.17 bits per heavy atom. The molecule has 3 aromatic heterocycles. The zero-order valence-electron chi connectivity index (χ0n) is 35.6. The maximum atomic E-state index is 11.8. The van der Waals surface area contributed by atoms with E-state index in [0.717, 1.165) is 70.4 Å². The molecule has 8 aromatic rings. The topological polar surface area (TPSA) is 199 Å². The Morgan fingerprint density at radius 1 is 0.646 bits per heavy atom. The molecule has 5 aromatic carbocycles. The minimum Gasteiger partial charge on any atom is -0.372 e. The van der Waals surface area contributed by atoms with Gasteiger partial charge in [-0.3, -0.25) is 4.55 Å². The molecule has 0 unspecified atom stereocenters. The second-order valence-corrected chi connectivity index (χ2v) is 18.7. The van der Waals surface area contributed by atoms with Gasteiger partial charge in [0.05, 0.1) is 27.3 Å². The summed E-state index contributed by atoms with van der Waals surface area (Å²) in [5.74, 6) is 1.15. The highest BCUT2D eigenvalue weighted by Gasteiger charge is 2.17. The highest BCUT2D eigenvalue weighted by atomic mass is 32.2. The number of thioether (sulfide) groups is 1. The van der Waals surface area contributed by atoms with Crippen LogP contribution < -0.4 is 20.4 Å². The van der Waals surface area contributed by atoms with Crippen molar-refractivity contribution in [3.05, 3.63) is 109 Å². The fraction of sp³-hybridized carbons (Fsp3) is 0.205. The molecular formula is C44H43N13O3S5. The fourth-order valence-corrected chi connectivity index (χ4v) is 9.68. The van der Waals surface area contributed by atoms with Crippen LogP contribution in [0.15, 0.2) is 139 Å². The third-order valence-corrected chi connectivity index (χ3v) is 13.8. The molecule has 0 aliphatic heterocycles. The Hall–Kier alpha value is -6.10. The number of fused-ring (bicyclic) bond motifs is 2. The van der Waals surface area contributed by atoms with Crippen molar-refractivity contribution in [2.45, 2.75) is 48.4 Å².